The molecular weight excluding hydrogens is 168 g/mol. The summed E-state index contributed by atoms with van der Waals surface area (Å²) >= 11 is 0. The molecular formula is C5H10N2O5. The van der Waals surface area contributed by atoms with Crippen molar-refractivity contribution in [3.63, 3.8) is 0 Å². The fourth-order valence-electron chi connectivity index (χ4n) is 0.617. The van der Waals surface area contributed by atoms with Crippen LogP contribution in [0.15, 0.2) is 0 Å². The molecule has 0 aromatic carbocycles. The molecule has 0 radical (unpaired) electrons. The van der Waals surface area contributed by atoms with Gasteiger partial charge in [-0.25, -0.2) is 0 Å². The summed E-state index contributed by atoms with van der Waals surface area (Å²) < 4.78 is 0. The van der Waals surface area contributed by atoms with Crippen molar-refractivity contribution >= 4 is 11.9 Å². The number of amides is 1. The molecule has 0 aromatic heterocycles. The smallest absolute Gasteiger partial charge is 0.325 e. The van der Waals surface area contributed by atoms with Crippen molar-refractivity contribution in [1.82, 2.24) is 5.23 Å². The summed E-state index contributed by atoms with van der Waals surface area (Å²) in [5.74, 6) is -2.12. The molecule has 7 nitrogen and oxygen atoms in total. The van der Waals surface area contributed by atoms with Crippen molar-refractivity contribution in [3.8, 4) is 0 Å². The number of hydroxylamine groups is 2. The summed E-state index contributed by atoms with van der Waals surface area (Å²) in [7, 11) is 0. The molecule has 0 heterocycles. The maximum atomic E-state index is 10.2. The van der Waals surface area contributed by atoms with Gasteiger partial charge in [-0.1, -0.05) is 5.23 Å². The Morgan fingerprint density at radius 1 is 1.42 bits per heavy atom. The summed E-state index contributed by atoms with van der Waals surface area (Å²) in [6, 6.07) is -1.52. The molecule has 5 N–H and O–H groups in total. The lowest BCUT2D eigenvalue weighted by molar-refractivity contribution is -0.328. The van der Waals surface area contributed by atoms with Gasteiger partial charge in [0.2, 0.25) is 5.91 Å². The number of carboxylic acids is 1. The molecule has 0 fully saturated rings. The third-order valence-corrected chi connectivity index (χ3v) is 1.23. The number of nitrogens with two attached hydrogens (primary N) is 1. The van der Waals surface area contributed by atoms with Gasteiger partial charge in [-0.3, -0.25) is 20.0 Å². The molecule has 12 heavy (non-hydrogen) atoms. The molecule has 0 aromatic rings. The number of hydrogen-bond acceptors (Lipinski definition) is 5. The Labute approximate surface area is 67.9 Å². The summed E-state index contributed by atoms with van der Waals surface area (Å²) in [5.41, 5.74) is 4.73. The normalized spacial score (nSPS) is 12.9. The molecule has 70 valence electrons. The van der Waals surface area contributed by atoms with Crippen LogP contribution in [0.2, 0.25) is 0 Å². The van der Waals surface area contributed by atoms with E-state index >= 15 is 0 Å². The van der Waals surface area contributed by atoms with Crippen LogP contribution in [-0.4, -0.2) is 38.7 Å². The highest BCUT2D eigenvalue weighted by Crippen LogP contribution is 2.02. The van der Waals surface area contributed by atoms with E-state index in [9.17, 15) is 9.59 Å². The van der Waals surface area contributed by atoms with E-state index in [1.54, 1.807) is 0 Å². The summed E-state index contributed by atoms with van der Waals surface area (Å²) in [5, 5.41) is 24.6. The number of nitrogens with zero attached hydrogens (tertiary/aromatic N) is 1. The van der Waals surface area contributed by atoms with E-state index in [0.717, 1.165) is 0 Å². The Balaban J connectivity index is 3.97. The highest BCUT2D eigenvalue weighted by molar-refractivity contribution is 5.76. The number of hydrogen-bond donors (Lipinski definition) is 4. The number of carbonyl (C=O) groups is 2. The van der Waals surface area contributed by atoms with Crippen LogP contribution in [0.3, 0.4) is 0 Å². The summed E-state index contributed by atoms with van der Waals surface area (Å²) in [4.78, 5) is 20.4. The Morgan fingerprint density at radius 2 is 1.92 bits per heavy atom. The number of primary amides is 1. The van der Waals surface area contributed by atoms with Crippen molar-refractivity contribution in [2.45, 2.75) is 18.9 Å². The van der Waals surface area contributed by atoms with E-state index in [1.807, 2.05) is 0 Å². The lowest BCUT2D eigenvalue weighted by Gasteiger charge is -2.14. The second-order valence-electron chi connectivity index (χ2n) is 2.18. The van der Waals surface area contributed by atoms with Gasteiger partial charge in [-0.05, 0) is 6.42 Å². The van der Waals surface area contributed by atoms with Crippen LogP contribution in [0.4, 0.5) is 0 Å². The number of carbonyl (C=O) groups excluding carboxylic acids is 1. The monoisotopic (exact) mass is 178 g/mol. The Bertz CT molecular complexity index is 181. The Kier molecular flexibility index (Phi) is 4.19. The SMILES string of the molecule is NC(=O)CC[C@@H](C(=O)O)N(O)O. The molecule has 0 saturated heterocycles. The van der Waals surface area contributed by atoms with Crippen molar-refractivity contribution in [2.24, 2.45) is 5.73 Å². The molecule has 0 saturated carbocycles. The van der Waals surface area contributed by atoms with Gasteiger partial charge in [0, 0.05) is 6.42 Å². The average molecular weight is 178 g/mol. The van der Waals surface area contributed by atoms with Gasteiger partial charge in [0.25, 0.3) is 0 Å². The number of aliphatic carboxylic acids is 1. The van der Waals surface area contributed by atoms with Gasteiger partial charge in [0.1, 0.15) is 0 Å². The van der Waals surface area contributed by atoms with Gasteiger partial charge < -0.3 is 10.8 Å². The van der Waals surface area contributed by atoms with Crippen LogP contribution in [0.1, 0.15) is 12.8 Å². The predicted octanol–water partition coefficient (Wildman–Crippen LogP) is -1.21. The molecule has 0 aliphatic rings. The molecule has 0 spiro atoms. The van der Waals surface area contributed by atoms with E-state index in [1.165, 1.54) is 0 Å². The molecule has 7 heteroatoms. The van der Waals surface area contributed by atoms with Gasteiger partial charge in [-0.15, -0.1) is 0 Å². The van der Waals surface area contributed by atoms with Crippen molar-refractivity contribution in [3.05, 3.63) is 0 Å². The second-order valence-corrected chi connectivity index (χ2v) is 2.18. The largest absolute Gasteiger partial charge is 0.480 e. The van der Waals surface area contributed by atoms with E-state index in [0.29, 0.717) is 0 Å². The van der Waals surface area contributed by atoms with E-state index in [-0.39, 0.29) is 12.8 Å². The second kappa shape index (κ2) is 4.65. The van der Waals surface area contributed by atoms with Crippen molar-refractivity contribution in [1.29, 1.82) is 0 Å². The van der Waals surface area contributed by atoms with Gasteiger partial charge in [0.15, 0.2) is 6.04 Å². The quantitative estimate of drug-likeness (QED) is 0.391. The first kappa shape index (κ1) is 10.8. The minimum absolute atomic E-state index is 0.214. The van der Waals surface area contributed by atoms with Crippen LogP contribution in [-0.2, 0) is 9.59 Å². The van der Waals surface area contributed by atoms with Crippen molar-refractivity contribution < 1.29 is 25.1 Å². The molecule has 0 aliphatic heterocycles. The number of carboxylic acid groups (broad SMARTS) is 1. The first-order valence-electron chi connectivity index (χ1n) is 3.13. The zero-order chi connectivity index (χ0) is 9.72. The van der Waals surface area contributed by atoms with Crippen molar-refractivity contribution in [2.75, 3.05) is 0 Å². The molecule has 0 rings (SSSR count). The molecule has 1 atom stereocenters. The van der Waals surface area contributed by atoms with Crippen LogP contribution in [0, 0.1) is 0 Å². The van der Waals surface area contributed by atoms with Gasteiger partial charge in [-0.2, -0.15) is 0 Å². The summed E-state index contributed by atoms with van der Waals surface area (Å²) in [6.45, 7) is 0. The molecule has 1 amide bonds. The lowest BCUT2D eigenvalue weighted by atomic mass is 10.1. The molecule has 0 aliphatic carbocycles. The van der Waals surface area contributed by atoms with E-state index in [2.05, 4.69) is 0 Å². The zero-order valence-electron chi connectivity index (χ0n) is 6.17. The van der Waals surface area contributed by atoms with Crippen LogP contribution < -0.4 is 5.73 Å². The minimum Gasteiger partial charge on any atom is -0.480 e. The standard InChI is InChI=1S/C5H10N2O5/c6-4(8)2-1-3(5(9)10)7(11)12/h3,11-12H,1-2H2,(H2,6,8)(H,9,10)/t3-/m0/s1. The minimum atomic E-state index is -1.52. The van der Waals surface area contributed by atoms with Crippen LogP contribution in [0.5, 0.6) is 0 Å². The van der Waals surface area contributed by atoms with Crippen LogP contribution in [0.25, 0.3) is 0 Å². The van der Waals surface area contributed by atoms with Gasteiger partial charge in [0.05, 0.1) is 0 Å². The number of rotatable bonds is 5. The first-order chi connectivity index (χ1) is 5.45. The maximum absolute atomic E-state index is 10.2. The first-order valence-corrected chi connectivity index (χ1v) is 3.13. The summed E-state index contributed by atoms with van der Waals surface area (Å²) in [6.07, 6.45) is -0.452. The highest BCUT2D eigenvalue weighted by Gasteiger charge is 2.23. The molecule has 0 unspecified atom stereocenters. The van der Waals surface area contributed by atoms with E-state index < -0.39 is 23.1 Å². The maximum Gasteiger partial charge on any atom is 0.325 e. The fourth-order valence-corrected chi connectivity index (χ4v) is 0.617. The Morgan fingerprint density at radius 3 is 2.17 bits per heavy atom. The molecule has 0 bridgehead atoms. The third kappa shape index (κ3) is 3.86. The third-order valence-electron chi connectivity index (χ3n) is 1.23. The highest BCUT2D eigenvalue weighted by atomic mass is 16.8. The Hall–Kier alpha value is -1.18. The zero-order valence-corrected chi connectivity index (χ0v) is 6.17. The fraction of sp³-hybridized carbons (Fsp3) is 0.600. The van der Waals surface area contributed by atoms with Crippen LogP contribution >= 0.6 is 0 Å². The van der Waals surface area contributed by atoms with Gasteiger partial charge >= 0.3 is 5.97 Å². The average Bonchev–Trinajstić information content (AvgIpc) is 1.84. The lowest BCUT2D eigenvalue weighted by Crippen LogP contribution is -2.37. The van der Waals surface area contributed by atoms with E-state index in [4.69, 9.17) is 21.3 Å². The topological polar surface area (TPSA) is 124 Å². The predicted molar refractivity (Wildman–Crippen MR) is 35.3 cm³/mol.